The van der Waals surface area contributed by atoms with Gasteiger partial charge in [-0.05, 0) is 6.07 Å². The largest absolute Gasteiger partial charge is 0.370 e. The van der Waals surface area contributed by atoms with Crippen molar-refractivity contribution < 1.29 is 19.1 Å². The van der Waals surface area contributed by atoms with Crippen LogP contribution in [0.5, 0.6) is 0 Å². The summed E-state index contributed by atoms with van der Waals surface area (Å²) >= 11 is 0. The third-order valence-electron chi connectivity index (χ3n) is 3.71. The molecule has 0 aromatic carbocycles. The van der Waals surface area contributed by atoms with Crippen LogP contribution in [0.25, 0.3) is 0 Å². The van der Waals surface area contributed by atoms with Crippen molar-refractivity contribution in [2.24, 2.45) is 0 Å². The highest BCUT2D eigenvalue weighted by molar-refractivity contribution is 6.04. The summed E-state index contributed by atoms with van der Waals surface area (Å²) in [6.45, 7) is 0.955. The molecule has 1 atom stereocenters. The van der Waals surface area contributed by atoms with Crippen molar-refractivity contribution in [1.29, 1.82) is 0 Å². The number of amides is 4. The molecule has 0 bridgehead atoms. The van der Waals surface area contributed by atoms with E-state index in [0.717, 1.165) is 10.5 Å². The molecule has 0 spiro atoms. The summed E-state index contributed by atoms with van der Waals surface area (Å²) in [4.78, 5) is 41.9. The molecule has 0 saturated carbocycles. The van der Waals surface area contributed by atoms with Gasteiger partial charge in [0.1, 0.15) is 12.6 Å². The highest BCUT2D eigenvalue weighted by Crippen LogP contribution is 2.21. The topological polar surface area (TPSA) is 91.8 Å². The van der Waals surface area contributed by atoms with Crippen LogP contribution >= 0.6 is 0 Å². The lowest BCUT2D eigenvalue weighted by molar-refractivity contribution is -0.142. The Balaban J connectivity index is 1.63. The molecule has 2 saturated heterocycles. The molecule has 8 nitrogen and oxygen atoms in total. The van der Waals surface area contributed by atoms with Crippen LogP contribution in [0, 0.1) is 0 Å². The minimum atomic E-state index is -0.518. The first kappa shape index (κ1) is 14.5. The maximum atomic E-state index is 12.3. The first-order valence-electron chi connectivity index (χ1n) is 7.02. The molecule has 1 aromatic rings. The molecule has 1 aromatic heterocycles. The van der Waals surface area contributed by atoms with E-state index in [0.29, 0.717) is 19.7 Å². The molecular weight excluding hydrogens is 288 g/mol. The van der Waals surface area contributed by atoms with Crippen LogP contribution in [-0.2, 0) is 14.3 Å². The SMILES string of the molecule is O=C(CN1C(=O)CNC1=O)N1CCO[C@H](c2cccnc2)C1. The molecule has 4 amide bonds. The van der Waals surface area contributed by atoms with Crippen LogP contribution in [0.15, 0.2) is 24.5 Å². The molecule has 8 heteroatoms. The van der Waals surface area contributed by atoms with Crippen molar-refractivity contribution >= 4 is 17.8 Å². The normalized spacial score (nSPS) is 21.9. The first-order chi connectivity index (χ1) is 10.6. The van der Waals surface area contributed by atoms with Gasteiger partial charge in [0.2, 0.25) is 5.91 Å². The van der Waals surface area contributed by atoms with Gasteiger partial charge in [-0.1, -0.05) is 6.07 Å². The predicted molar refractivity (Wildman–Crippen MR) is 74.6 cm³/mol. The van der Waals surface area contributed by atoms with E-state index < -0.39 is 6.03 Å². The predicted octanol–water partition coefficient (Wildman–Crippen LogP) is -0.467. The number of rotatable bonds is 3. The Bertz CT molecular complexity index is 576. The summed E-state index contributed by atoms with van der Waals surface area (Å²) in [6.07, 6.45) is 3.14. The Hall–Kier alpha value is -2.48. The fourth-order valence-corrected chi connectivity index (χ4v) is 2.49. The minimum Gasteiger partial charge on any atom is -0.370 e. The third kappa shape index (κ3) is 2.91. The van der Waals surface area contributed by atoms with Crippen molar-refractivity contribution in [3.63, 3.8) is 0 Å². The molecule has 2 aliphatic rings. The van der Waals surface area contributed by atoms with E-state index in [9.17, 15) is 14.4 Å². The van der Waals surface area contributed by atoms with Crippen LogP contribution in [0.1, 0.15) is 11.7 Å². The molecule has 0 radical (unpaired) electrons. The number of carbonyl (C=O) groups excluding carboxylic acids is 3. The lowest BCUT2D eigenvalue weighted by atomic mass is 10.1. The number of hydrogen-bond acceptors (Lipinski definition) is 5. The van der Waals surface area contributed by atoms with Gasteiger partial charge in [-0.2, -0.15) is 0 Å². The quantitative estimate of drug-likeness (QED) is 0.763. The zero-order valence-corrected chi connectivity index (χ0v) is 11.9. The average molecular weight is 304 g/mol. The number of morpholine rings is 1. The van der Waals surface area contributed by atoms with Gasteiger partial charge in [0.25, 0.3) is 5.91 Å². The van der Waals surface area contributed by atoms with Crippen LogP contribution in [0.3, 0.4) is 0 Å². The van der Waals surface area contributed by atoms with Crippen LogP contribution < -0.4 is 5.32 Å². The lowest BCUT2D eigenvalue weighted by Gasteiger charge is -2.33. The number of nitrogens with zero attached hydrogens (tertiary/aromatic N) is 3. The number of aromatic nitrogens is 1. The van der Waals surface area contributed by atoms with Gasteiger partial charge < -0.3 is 15.0 Å². The van der Waals surface area contributed by atoms with Crippen LogP contribution in [-0.4, -0.2) is 65.4 Å². The van der Waals surface area contributed by atoms with Crippen molar-refractivity contribution in [3.8, 4) is 0 Å². The number of nitrogens with one attached hydrogen (secondary N) is 1. The number of hydrogen-bond donors (Lipinski definition) is 1. The molecular formula is C14H16N4O4. The number of ether oxygens (including phenoxy) is 1. The van der Waals surface area contributed by atoms with Gasteiger partial charge in [0.15, 0.2) is 0 Å². The summed E-state index contributed by atoms with van der Waals surface area (Å²) in [5.74, 6) is -0.641. The summed E-state index contributed by atoms with van der Waals surface area (Å²) < 4.78 is 5.66. The molecule has 116 valence electrons. The Morgan fingerprint density at radius 2 is 2.32 bits per heavy atom. The standard InChI is InChI=1S/C14H16N4O4/c19-12-7-16-14(21)18(12)9-13(20)17-4-5-22-11(8-17)10-2-1-3-15-6-10/h1-3,6,11H,4-5,7-9H2,(H,16,21)/t11-/m0/s1. The van der Waals surface area contributed by atoms with E-state index in [4.69, 9.17) is 4.74 Å². The number of carbonyl (C=O) groups is 3. The number of imide groups is 1. The van der Waals surface area contributed by atoms with E-state index >= 15 is 0 Å². The Morgan fingerprint density at radius 3 is 3.00 bits per heavy atom. The summed E-state index contributed by atoms with van der Waals surface area (Å²) in [5, 5.41) is 2.40. The van der Waals surface area contributed by atoms with Gasteiger partial charge in [-0.3, -0.25) is 19.5 Å². The lowest BCUT2D eigenvalue weighted by Crippen LogP contribution is -2.48. The maximum Gasteiger partial charge on any atom is 0.325 e. The second kappa shape index (κ2) is 6.10. The van der Waals surface area contributed by atoms with Crippen molar-refractivity contribution in [3.05, 3.63) is 30.1 Å². The van der Waals surface area contributed by atoms with Gasteiger partial charge in [-0.25, -0.2) is 4.79 Å². The van der Waals surface area contributed by atoms with Crippen molar-refractivity contribution in [2.75, 3.05) is 32.8 Å². The smallest absolute Gasteiger partial charge is 0.325 e. The minimum absolute atomic E-state index is 0.0481. The fraction of sp³-hybridized carbons (Fsp3) is 0.429. The summed E-state index contributed by atoms with van der Waals surface area (Å²) in [6, 6.07) is 3.19. The Labute approximate surface area is 127 Å². The van der Waals surface area contributed by atoms with E-state index in [1.165, 1.54) is 0 Å². The third-order valence-corrected chi connectivity index (χ3v) is 3.71. The van der Waals surface area contributed by atoms with E-state index in [1.807, 2.05) is 12.1 Å². The van der Waals surface area contributed by atoms with Crippen LogP contribution in [0.2, 0.25) is 0 Å². The second-order valence-corrected chi connectivity index (χ2v) is 5.12. The molecule has 2 fully saturated rings. The summed E-state index contributed by atoms with van der Waals surface area (Å²) in [5.41, 5.74) is 0.898. The van der Waals surface area contributed by atoms with Gasteiger partial charge >= 0.3 is 6.03 Å². The van der Waals surface area contributed by atoms with Crippen LogP contribution in [0.4, 0.5) is 4.79 Å². The molecule has 3 heterocycles. The van der Waals surface area contributed by atoms with Crippen molar-refractivity contribution in [1.82, 2.24) is 20.1 Å². The first-order valence-corrected chi connectivity index (χ1v) is 7.02. The fourth-order valence-electron chi connectivity index (χ4n) is 2.49. The van der Waals surface area contributed by atoms with E-state index in [-0.39, 0.29) is 31.0 Å². The highest BCUT2D eigenvalue weighted by Gasteiger charge is 2.33. The Kier molecular flexibility index (Phi) is 4.01. The molecule has 0 aliphatic carbocycles. The average Bonchev–Trinajstić information content (AvgIpc) is 2.88. The summed E-state index contributed by atoms with van der Waals surface area (Å²) in [7, 11) is 0. The van der Waals surface area contributed by atoms with Gasteiger partial charge in [-0.15, -0.1) is 0 Å². The molecule has 22 heavy (non-hydrogen) atoms. The maximum absolute atomic E-state index is 12.3. The molecule has 0 unspecified atom stereocenters. The zero-order chi connectivity index (χ0) is 15.5. The molecule has 2 aliphatic heterocycles. The van der Waals surface area contributed by atoms with Gasteiger partial charge in [0, 0.05) is 24.5 Å². The monoisotopic (exact) mass is 304 g/mol. The zero-order valence-electron chi connectivity index (χ0n) is 11.9. The van der Waals surface area contributed by atoms with Crippen molar-refractivity contribution in [2.45, 2.75) is 6.10 Å². The number of urea groups is 1. The highest BCUT2D eigenvalue weighted by atomic mass is 16.5. The Morgan fingerprint density at radius 1 is 1.45 bits per heavy atom. The molecule has 3 rings (SSSR count). The second-order valence-electron chi connectivity index (χ2n) is 5.12. The van der Waals surface area contributed by atoms with Gasteiger partial charge in [0.05, 0.1) is 19.7 Å². The molecule has 1 N–H and O–H groups in total. The number of pyridine rings is 1. The van der Waals surface area contributed by atoms with E-state index in [1.54, 1.807) is 17.3 Å². The van der Waals surface area contributed by atoms with E-state index in [2.05, 4.69) is 10.3 Å².